The van der Waals surface area contributed by atoms with Crippen LogP contribution in [0.5, 0.6) is 0 Å². The lowest BCUT2D eigenvalue weighted by Gasteiger charge is -2.17. The van der Waals surface area contributed by atoms with E-state index in [1.165, 1.54) is 0 Å². The van der Waals surface area contributed by atoms with E-state index in [0.29, 0.717) is 13.1 Å². The average Bonchev–Trinajstić information content (AvgIpc) is 2.35. The molecule has 5 heteroatoms. The highest BCUT2D eigenvalue weighted by Gasteiger charge is 2.18. The fourth-order valence-corrected chi connectivity index (χ4v) is 1.35. The molecule has 0 rings (SSSR count). The van der Waals surface area contributed by atoms with Crippen LogP contribution in [-0.4, -0.2) is 30.9 Å². The summed E-state index contributed by atoms with van der Waals surface area (Å²) in [6.45, 7) is 8.80. The molecule has 0 aliphatic rings. The molecule has 0 saturated heterocycles. The molecule has 0 heterocycles. The van der Waals surface area contributed by atoms with Crippen LogP contribution in [0, 0.1) is 11.8 Å². The summed E-state index contributed by atoms with van der Waals surface area (Å²) in [6.07, 6.45) is 1.61. The smallest absolute Gasteiger partial charge is 0.237 e. The minimum absolute atomic E-state index is 0.00147. The summed E-state index contributed by atoms with van der Waals surface area (Å²) >= 11 is 0. The van der Waals surface area contributed by atoms with Gasteiger partial charge in [0, 0.05) is 19.0 Å². The molecular weight excluding hydrogens is 230 g/mol. The number of nitrogens with two attached hydrogens (primary N) is 1. The van der Waals surface area contributed by atoms with Gasteiger partial charge in [-0.05, 0) is 12.3 Å². The van der Waals surface area contributed by atoms with Gasteiger partial charge in [0.25, 0.3) is 0 Å². The minimum Gasteiger partial charge on any atom is -0.356 e. The summed E-state index contributed by atoms with van der Waals surface area (Å²) < 4.78 is 0. The minimum atomic E-state index is -0.444. The molecular formula is C13H27N3O2. The second kappa shape index (κ2) is 8.91. The molecule has 0 aromatic rings. The van der Waals surface area contributed by atoms with Gasteiger partial charge < -0.3 is 16.4 Å². The molecule has 0 radical (unpaired) electrons. The standard InChI is InChI=1S/C13H27N3O2/c1-5-10(4)11(14)13(18)16-8-6-7-15-12(17)9(2)3/h9-11H,5-8,14H2,1-4H3,(H,15,17)(H,16,18). The molecule has 2 unspecified atom stereocenters. The van der Waals surface area contributed by atoms with Crippen molar-refractivity contribution >= 4 is 11.8 Å². The number of hydrogen-bond acceptors (Lipinski definition) is 3. The zero-order valence-corrected chi connectivity index (χ0v) is 12.0. The van der Waals surface area contributed by atoms with Gasteiger partial charge in [0.2, 0.25) is 11.8 Å². The molecule has 5 nitrogen and oxygen atoms in total. The van der Waals surface area contributed by atoms with Crippen LogP contribution < -0.4 is 16.4 Å². The van der Waals surface area contributed by atoms with Crippen molar-refractivity contribution in [2.45, 2.75) is 46.6 Å². The van der Waals surface area contributed by atoms with Gasteiger partial charge in [0.05, 0.1) is 6.04 Å². The Kier molecular flexibility index (Phi) is 8.37. The van der Waals surface area contributed by atoms with Gasteiger partial charge in [-0.2, -0.15) is 0 Å². The fourth-order valence-electron chi connectivity index (χ4n) is 1.35. The SMILES string of the molecule is CCC(C)C(N)C(=O)NCCCNC(=O)C(C)C. The third kappa shape index (κ3) is 6.59. The summed E-state index contributed by atoms with van der Waals surface area (Å²) in [7, 11) is 0. The van der Waals surface area contributed by atoms with Crippen LogP contribution in [0.25, 0.3) is 0 Å². The monoisotopic (exact) mass is 257 g/mol. The quantitative estimate of drug-likeness (QED) is 0.558. The van der Waals surface area contributed by atoms with E-state index in [2.05, 4.69) is 10.6 Å². The molecule has 2 atom stereocenters. The largest absolute Gasteiger partial charge is 0.356 e. The van der Waals surface area contributed by atoms with E-state index in [0.717, 1.165) is 12.8 Å². The van der Waals surface area contributed by atoms with Crippen LogP contribution in [0.3, 0.4) is 0 Å². The predicted molar refractivity (Wildman–Crippen MR) is 72.9 cm³/mol. The van der Waals surface area contributed by atoms with Crippen LogP contribution in [0.1, 0.15) is 40.5 Å². The topological polar surface area (TPSA) is 84.2 Å². The first-order valence-corrected chi connectivity index (χ1v) is 6.71. The summed E-state index contributed by atoms with van der Waals surface area (Å²) in [5.41, 5.74) is 5.79. The Morgan fingerprint density at radius 3 is 2.00 bits per heavy atom. The number of nitrogens with one attached hydrogen (secondary N) is 2. The molecule has 0 bridgehead atoms. The Bertz CT molecular complexity index is 267. The van der Waals surface area contributed by atoms with Crippen molar-refractivity contribution in [3.8, 4) is 0 Å². The van der Waals surface area contributed by atoms with Crippen molar-refractivity contribution in [1.29, 1.82) is 0 Å². The highest BCUT2D eigenvalue weighted by atomic mass is 16.2. The van der Waals surface area contributed by atoms with Crippen molar-refractivity contribution in [2.75, 3.05) is 13.1 Å². The van der Waals surface area contributed by atoms with Gasteiger partial charge in [-0.15, -0.1) is 0 Å². The second-order valence-corrected chi connectivity index (χ2v) is 5.00. The molecule has 0 saturated carbocycles. The number of carbonyl (C=O) groups is 2. The van der Waals surface area contributed by atoms with Gasteiger partial charge in [0.1, 0.15) is 0 Å². The molecule has 18 heavy (non-hydrogen) atoms. The zero-order valence-electron chi connectivity index (χ0n) is 12.0. The second-order valence-electron chi connectivity index (χ2n) is 5.00. The third-order valence-corrected chi connectivity index (χ3v) is 3.04. The maximum atomic E-state index is 11.6. The first-order valence-electron chi connectivity index (χ1n) is 6.71. The highest BCUT2D eigenvalue weighted by Crippen LogP contribution is 2.04. The van der Waals surface area contributed by atoms with Gasteiger partial charge >= 0.3 is 0 Å². The number of rotatable bonds is 8. The number of carbonyl (C=O) groups excluding carboxylic acids is 2. The molecule has 106 valence electrons. The van der Waals surface area contributed by atoms with Crippen LogP contribution in [-0.2, 0) is 9.59 Å². The van der Waals surface area contributed by atoms with Gasteiger partial charge in [-0.3, -0.25) is 9.59 Å². The Balaban J connectivity index is 3.67. The molecule has 2 amide bonds. The Hall–Kier alpha value is -1.10. The average molecular weight is 257 g/mol. The fraction of sp³-hybridized carbons (Fsp3) is 0.846. The van der Waals surface area contributed by atoms with E-state index in [4.69, 9.17) is 5.73 Å². The van der Waals surface area contributed by atoms with E-state index in [9.17, 15) is 9.59 Å². The van der Waals surface area contributed by atoms with E-state index in [1.54, 1.807) is 0 Å². The van der Waals surface area contributed by atoms with Crippen LogP contribution in [0.15, 0.2) is 0 Å². The van der Waals surface area contributed by atoms with E-state index >= 15 is 0 Å². The molecule has 0 aliphatic heterocycles. The predicted octanol–water partition coefficient (Wildman–Crippen LogP) is 0.638. The number of amides is 2. The molecule has 0 aliphatic carbocycles. The van der Waals surface area contributed by atoms with Crippen LogP contribution in [0.4, 0.5) is 0 Å². The lowest BCUT2D eigenvalue weighted by atomic mass is 9.99. The maximum absolute atomic E-state index is 11.6. The van der Waals surface area contributed by atoms with Gasteiger partial charge in [-0.1, -0.05) is 34.1 Å². The van der Waals surface area contributed by atoms with Crippen molar-refractivity contribution in [3.05, 3.63) is 0 Å². The summed E-state index contributed by atoms with van der Waals surface area (Å²) in [5, 5.41) is 5.58. The van der Waals surface area contributed by atoms with Crippen molar-refractivity contribution in [3.63, 3.8) is 0 Å². The van der Waals surface area contributed by atoms with E-state index in [1.807, 2.05) is 27.7 Å². The lowest BCUT2D eigenvalue weighted by Crippen LogP contribution is -2.45. The van der Waals surface area contributed by atoms with Crippen molar-refractivity contribution in [2.24, 2.45) is 17.6 Å². The maximum Gasteiger partial charge on any atom is 0.237 e. The highest BCUT2D eigenvalue weighted by molar-refractivity contribution is 5.81. The lowest BCUT2D eigenvalue weighted by molar-refractivity contribution is -0.124. The van der Waals surface area contributed by atoms with E-state index < -0.39 is 6.04 Å². The Labute approximate surface area is 110 Å². The molecule has 4 N–H and O–H groups in total. The first-order chi connectivity index (χ1) is 8.40. The van der Waals surface area contributed by atoms with Crippen molar-refractivity contribution in [1.82, 2.24) is 10.6 Å². The molecule has 0 fully saturated rings. The molecule has 0 aromatic heterocycles. The first kappa shape index (κ1) is 16.9. The van der Waals surface area contributed by atoms with E-state index in [-0.39, 0.29) is 23.7 Å². The van der Waals surface area contributed by atoms with Crippen molar-refractivity contribution < 1.29 is 9.59 Å². The van der Waals surface area contributed by atoms with Gasteiger partial charge in [0.15, 0.2) is 0 Å². The zero-order chi connectivity index (χ0) is 14.1. The summed E-state index contributed by atoms with van der Waals surface area (Å²) in [5.74, 6) is 0.112. The Morgan fingerprint density at radius 2 is 1.56 bits per heavy atom. The molecule has 0 aromatic carbocycles. The number of hydrogen-bond donors (Lipinski definition) is 3. The summed E-state index contributed by atoms with van der Waals surface area (Å²) in [4.78, 5) is 22.9. The molecule has 0 spiro atoms. The summed E-state index contributed by atoms with van der Waals surface area (Å²) in [6, 6.07) is -0.444. The third-order valence-electron chi connectivity index (χ3n) is 3.04. The normalized spacial score (nSPS) is 14.1. The van der Waals surface area contributed by atoms with Crippen LogP contribution >= 0.6 is 0 Å². The van der Waals surface area contributed by atoms with Gasteiger partial charge in [-0.25, -0.2) is 0 Å². The Morgan fingerprint density at radius 1 is 1.06 bits per heavy atom. The van der Waals surface area contributed by atoms with Crippen LogP contribution in [0.2, 0.25) is 0 Å².